The van der Waals surface area contributed by atoms with Gasteiger partial charge in [-0.2, -0.15) is 5.26 Å². The Balaban J connectivity index is 1.75. The Kier molecular flexibility index (Phi) is 9.14. The molecule has 0 saturated carbocycles. The first-order valence-corrected chi connectivity index (χ1v) is 12.4. The van der Waals surface area contributed by atoms with Crippen LogP contribution in [0.3, 0.4) is 0 Å². The largest absolute Gasteiger partial charge is 0.491 e. The van der Waals surface area contributed by atoms with Crippen molar-refractivity contribution < 1.29 is 14.3 Å². The summed E-state index contributed by atoms with van der Waals surface area (Å²) in [6.45, 7) is 4.33. The van der Waals surface area contributed by atoms with E-state index in [1.165, 1.54) is 0 Å². The molecular formula is C26H22I2N2O3. The molecule has 1 N–H and O–H groups in total. The maximum atomic E-state index is 12.7. The summed E-state index contributed by atoms with van der Waals surface area (Å²) in [7, 11) is 0. The van der Waals surface area contributed by atoms with E-state index in [1.807, 2.05) is 68.4 Å². The number of halogens is 2. The summed E-state index contributed by atoms with van der Waals surface area (Å²) in [6.07, 6.45) is 1.60. The van der Waals surface area contributed by atoms with E-state index in [9.17, 15) is 10.1 Å². The first-order valence-electron chi connectivity index (χ1n) is 10.2. The molecule has 0 radical (unpaired) electrons. The lowest BCUT2D eigenvalue weighted by atomic mass is 10.1. The van der Waals surface area contributed by atoms with Gasteiger partial charge in [0.25, 0.3) is 5.91 Å². The minimum absolute atomic E-state index is 0.00901. The Hall–Kier alpha value is -2.58. The van der Waals surface area contributed by atoms with E-state index < -0.39 is 5.91 Å². The Morgan fingerprint density at radius 1 is 1.06 bits per heavy atom. The fourth-order valence-corrected chi connectivity index (χ4v) is 5.09. The van der Waals surface area contributed by atoms with Gasteiger partial charge in [0, 0.05) is 11.8 Å². The Morgan fingerprint density at radius 2 is 1.76 bits per heavy atom. The molecule has 0 spiro atoms. The van der Waals surface area contributed by atoms with Crippen molar-refractivity contribution >= 4 is 62.9 Å². The molecule has 0 unspecified atom stereocenters. The molecule has 0 aliphatic rings. The maximum Gasteiger partial charge on any atom is 0.266 e. The Morgan fingerprint density at radius 3 is 2.39 bits per heavy atom. The molecule has 0 heterocycles. The van der Waals surface area contributed by atoms with Gasteiger partial charge < -0.3 is 14.8 Å². The maximum absolute atomic E-state index is 12.7. The van der Waals surface area contributed by atoms with Gasteiger partial charge in [-0.3, -0.25) is 4.79 Å². The van der Waals surface area contributed by atoms with Crippen LogP contribution in [0.25, 0.3) is 6.08 Å². The zero-order chi connectivity index (χ0) is 23.8. The standard InChI is InChI=1S/C26H22I2N2O3/c1-17(2)33-22-10-6-9-21(14-22)30-26(31)20(15-29)11-19-12-23(27)25(24(28)13-19)32-16-18-7-4-3-5-8-18/h3-14,17H,16H2,1-2H3,(H,30,31)/b20-11-. The number of nitrogens with one attached hydrogen (secondary N) is 1. The molecule has 0 aromatic heterocycles. The summed E-state index contributed by atoms with van der Waals surface area (Å²) in [5, 5.41) is 12.3. The summed E-state index contributed by atoms with van der Waals surface area (Å²) in [4.78, 5) is 12.7. The normalized spacial score (nSPS) is 11.1. The van der Waals surface area contributed by atoms with Gasteiger partial charge in [-0.15, -0.1) is 0 Å². The van der Waals surface area contributed by atoms with E-state index in [1.54, 1.807) is 24.3 Å². The van der Waals surface area contributed by atoms with E-state index in [4.69, 9.17) is 9.47 Å². The van der Waals surface area contributed by atoms with Crippen LogP contribution in [0, 0.1) is 18.5 Å². The topological polar surface area (TPSA) is 71.3 Å². The third-order valence-electron chi connectivity index (χ3n) is 4.39. The summed E-state index contributed by atoms with van der Waals surface area (Å²) in [5.41, 5.74) is 2.40. The first-order chi connectivity index (χ1) is 15.9. The molecule has 168 valence electrons. The number of ether oxygens (including phenoxy) is 2. The van der Waals surface area contributed by atoms with Crippen molar-refractivity contribution in [3.8, 4) is 17.6 Å². The molecule has 7 heteroatoms. The number of amides is 1. The molecule has 0 aliphatic carbocycles. The number of carbonyl (C=O) groups excluding carboxylic acids is 1. The van der Waals surface area contributed by atoms with Crippen LogP contribution in [0.2, 0.25) is 0 Å². The van der Waals surface area contributed by atoms with Gasteiger partial charge in [0.15, 0.2) is 0 Å². The minimum atomic E-state index is -0.478. The highest BCUT2D eigenvalue weighted by Gasteiger charge is 2.13. The first kappa shape index (κ1) is 25.1. The summed E-state index contributed by atoms with van der Waals surface area (Å²) in [5.74, 6) is 0.955. The Bertz CT molecular complexity index is 1180. The third-order valence-corrected chi connectivity index (χ3v) is 5.99. The van der Waals surface area contributed by atoms with Crippen LogP contribution in [0.5, 0.6) is 11.5 Å². The molecule has 3 aromatic rings. The van der Waals surface area contributed by atoms with Crippen LogP contribution < -0.4 is 14.8 Å². The average Bonchev–Trinajstić information content (AvgIpc) is 2.77. The summed E-state index contributed by atoms with van der Waals surface area (Å²) < 4.78 is 13.5. The van der Waals surface area contributed by atoms with Crippen LogP contribution in [-0.4, -0.2) is 12.0 Å². The van der Waals surface area contributed by atoms with Gasteiger partial charge in [-0.05, 0) is 100 Å². The molecule has 0 bridgehead atoms. The molecular weight excluding hydrogens is 642 g/mol. The van der Waals surface area contributed by atoms with E-state index >= 15 is 0 Å². The minimum Gasteiger partial charge on any atom is -0.491 e. The second kappa shape index (κ2) is 12.0. The highest BCUT2D eigenvalue weighted by atomic mass is 127. The fourth-order valence-electron chi connectivity index (χ4n) is 2.96. The van der Waals surface area contributed by atoms with Gasteiger partial charge in [0.05, 0.1) is 13.2 Å². The van der Waals surface area contributed by atoms with Crippen LogP contribution in [0.15, 0.2) is 72.3 Å². The highest BCUT2D eigenvalue weighted by Crippen LogP contribution is 2.30. The molecule has 0 saturated heterocycles. The van der Waals surface area contributed by atoms with E-state index in [0.717, 1.165) is 24.0 Å². The number of hydrogen-bond donors (Lipinski definition) is 1. The molecule has 1 amide bonds. The average molecular weight is 664 g/mol. The number of rotatable bonds is 8. The lowest BCUT2D eigenvalue weighted by Gasteiger charge is -2.12. The van der Waals surface area contributed by atoms with Crippen LogP contribution in [0.1, 0.15) is 25.0 Å². The smallest absolute Gasteiger partial charge is 0.266 e. The Labute approximate surface area is 221 Å². The zero-order valence-electron chi connectivity index (χ0n) is 18.1. The second-order valence-electron chi connectivity index (χ2n) is 7.41. The summed E-state index contributed by atoms with van der Waals surface area (Å²) >= 11 is 4.41. The van der Waals surface area contributed by atoms with Gasteiger partial charge >= 0.3 is 0 Å². The highest BCUT2D eigenvalue weighted by molar-refractivity contribution is 14.1. The van der Waals surface area contributed by atoms with E-state index in [2.05, 4.69) is 50.5 Å². The number of nitriles is 1. The number of anilines is 1. The molecule has 0 atom stereocenters. The molecule has 0 aliphatic heterocycles. The van der Waals surface area contributed by atoms with E-state index in [0.29, 0.717) is 18.0 Å². The van der Waals surface area contributed by atoms with Crippen molar-refractivity contribution in [3.05, 3.63) is 90.6 Å². The lowest BCUT2D eigenvalue weighted by molar-refractivity contribution is -0.112. The van der Waals surface area contributed by atoms with Gasteiger partial charge in [-0.25, -0.2) is 0 Å². The number of hydrogen-bond acceptors (Lipinski definition) is 4. The van der Waals surface area contributed by atoms with Gasteiger partial charge in [0.2, 0.25) is 0 Å². The molecule has 5 nitrogen and oxygen atoms in total. The fraction of sp³-hybridized carbons (Fsp3) is 0.154. The van der Waals surface area contributed by atoms with Crippen molar-refractivity contribution in [1.82, 2.24) is 0 Å². The van der Waals surface area contributed by atoms with Crippen LogP contribution in [-0.2, 0) is 11.4 Å². The van der Waals surface area contributed by atoms with Crippen LogP contribution in [0.4, 0.5) is 5.69 Å². The van der Waals surface area contributed by atoms with Gasteiger partial charge in [0.1, 0.15) is 29.7 Å². The molecule has 0 fully saturated rings. The summed E-state index contributed by atoms with van der Waals surface area (Å²) in [6, 6.07) is 22.8. The van der Waals surface area contributed by atoms with E-state index in [-0.39, 0.29) is 11.7 Å². The van der Waals surface area contributed by atoms with Crippen molar-refractivity contribution in [2.75, 3.05) is 5.32 Å². The molecule has 33 heavy (non-hydrogen) atoms. The predicted octanol–water partition coefficient (Wildman–Crippen LogP) is 6.81. The van der Waals surface area contributed by atoms with Crippen molar-refractivity contribution in [2.24, 2.45) is 0 Å². The number of carbonyl (C=O) groups is 1. The van der Waals surface area contributed by atoms with Crippen molar-refractivity contribution in [1.29, 1.82) is 5.26 Å². The second-order valence-corrected chi connectivity index (χ2v) is 9.73. The SMILES string of the molecule is CC(C)Oc1cccc(NC(=O)/C(C#N)=C\c2cc(I)c(OCc3ccccc3)c(I)c2)c1. The van der Waals surface area contributed by atoms with Crippen molar-refractivity contribution in [3.63, 3.8) is 0 Å². The number of nitrogens with zero attached hydrogens (tertiary/aromatic N) is 1. The lowest BCUT2D eigenvalue weighted by Crippen LogP contribution is -2.14. The zero-order valence-corrected chi connectivity index (χ0v) is 22.5. The predicted molar refractivity (Wildman–Crippen MR) is 147 cm³/mol. The molecule has 3 rings (SSSR count). The van der Waals surface area contributed by atoms with Crippen molar-refractivity contribution in [2.45, 2.75) is 26.6 Å². The monoisotopic (exact) mass is 664 g/mol. The quantitative estimate of drug-likeness (QED) is 0.163. The van der Waals surface area contributed by atoms with Crippen LogP contribution >= 0.6 is 45.2 Å². The van der Waals surface area contributed by atoms with Gasteiger partial charge in [-0.1, -0.05) is 36.4 Å². The third kappa shape index (κ3) is 7.47. The number of benzene rings is 3. The molecule has 3 aromatic carbocycles.